The minimum atomic E-state index is -0.488. The monoisotopic (exact) mass is 241 g/mol. The lowest BCUT2D eigenvalue weighted by atomic mass is 9.64. The summed E-state index contributed by atoms with van der Waals surface area (Å²) in [5.41, 5.74) is -0.808. The van der Waals surface area contributed by atoms with Crippen molar-refractivity contribution in [1.29, 1.82) is 0 Å². The van der Waals surface area contributed by atoms with E-state index in [2.05, 4.69) is 5.32 Å². The third-order valence-corrected chi connectivity index (χ3v) is 3.20. The molecule has 1 aliphatic heterocycles. The lowest BCUT2D eigenvalue weighted by Crippen LogP contribution is -2.54. The summed E-state index contributed by atoms with van der Waals surface area (Å²) in [6.07, 6.45) is 0.930. The van der Waals surface area contributed by atoms with Crippen molar-refractivity contribution < 1.29 is 19.1 Å². The summed E-state index contributed by atoms with van der Waals surface area (Å²) < 4.78 is 10.3. The van der Waals surface area contributed by atoms with Crippen molar-refractivity contribution in [2.24, 2.45) is 5.41 Å². The molecule has 1 spiro atoms. The SMILES string of the molecule is CC(C)(C)OC(=O)NC1CC2(COCC2=O)C1. The number of ketones is 1. The van der Waals surface area contributed by atoms with Gasteiger partial charge in [0.1, 0.15) is 12.2 Å². The molecular formula is C12H19NO4. The Labute approximate surface area is 101 Å². The molecule has 1 saturated carbocycles. The number of alkyl carbamates (subject to hydrolysis) is 1. The second-order valence-electron chi connectivity index (χ2n) is 5.95. The van der Waals surface area contributed by atoms with Gasteiger partial charge in [0.15, 0.2) is 5.78 Å². The van der Waals surface area contributed by atoms with Crippen LogP contribution in [0.4, 0.5) is 4.79 Å². The van der Waals surface area contributed by atoms with E-state index in [1.807, 2.05) is 20.8 Å². The maximum Gasteiger partial charge on any atom is 0.407 e. The lowest BCUT2D eigenvalue weighted by molar-refractivity contribution is -0.129. The van der Waals surface area contributed by atoms with Gasteiger partial charge in [0.25, 0.3) is 0 Å². The molecule has 0 bridgehead atoms. The molecule has 0 aromatic rings. The number of carbonyl (C=O) groups is 2. The Kier molecular flexibility index (Phi) is 2.89. The smallest absolute Gasteiger partial charge is 0.407 e. The predicted octanol–water partition coefficient (Wildman–Crippen LogP) is 1.26. The highest BCUT2D eigenvalue weighted by atomic mass is 16.6. The highest BCUT2D eigenvalue weighted by Gasteiger charge is 2.53. The summed E-state index contributed by atoms with van der Waals surface area (Å²) in [4.78, 5) is 23.1. The van der Waals surface area contributed by atoms with Crippen molar-refractivity contribution in [2.75, 3.05) is 13.2 Å². The highest BCUT2D eigenvalue weighted by molar-refractivity contribution is 5.89. The maximum absolute atomic E-state index is 11.6. The van der Waals surface area contributed by atoms with E-state index in [9.17, 15) is 9.59 Å². The molecule has 5 nitrogen and oxygen atoms in total. The first-order valence-corrected chi connectivity index (χ1v) is 5.91. The number of Topliss-reactive ketones (excluding diaryl/α,β-unsaturated/α-hetero) is 1. The van der Waals surface area contributed by atoms with E-state index in [0.717, 1.165) is 0 Å². The largest absolute Gasteiger partial charge is 0.444 e. The molecule has 0 aromatic heterocycles. The fourth-order valence-electron chi connectivity index (χ4n) is 2.38. The van der Waals surface area contributed by atoms with E-state index in [0.29, 0.717) is 19.4 Å². The van der Waals surface area contributed by atoms with E-state index >= 15 is 0 Å². The summed E-state index contributed by atoms with van der Waals surface area (Å²) >= 11 is 0. The van der Waals surface area contributed by atoms with E-state index in [1.165, 1.54) is 0 Å². The van der Waals surface area contributed by atoms with Crippen LogP contribution in [-0.4, -0.2) is 36.7 Å². The zero-order valence-corrected chi connectivity index (χ0v) is 10.5. The fraction of sp³-hybridized carbons (Fsp3) is 0.833. The third-order valence-electron chi connectivity index (χ3n) is 3.20. The Hall–Kier alpha value is -1.10. The van der Waals surface area contributed by atoms with Crippen molar-refractivity contribution >= 4 is 11.9 Å². The summed E-state index contributed by atoms with van der Waals surface area (Å²) in [6.45, 7) is 6.19. The van der Waals surface area contributed by atoms with Crippen molar-refractivity contribution in [3.8, 4) is 0 Å². The average molecular weight is 241 g/mol. The summed E-state index contributed by atoms with van der Waals surface area (Å²) in [5.74, 6) is 0.166. The van der Waals surface area contributed by atoms with Crippen LogP contribution in [0, 0.1) is 5.41 Å². The second-order valence-corrected chi connectivity index (χ2v) is 5.95. The first-order chi connectivity index (χ1) is 7.81. The van der Waals surface area contributed by atoms with Crippen LogP contribution in [0.2, 0.25) is 0 Å². The Bertz CT molecular complexity index is 339. The molecule has 1 amide bonds. The summed E-state index contributed by atoms with van der Waals surface area (Å²) in [7, 11) is 0. The molecule has 0 aromatic carbocycles. The molecule has 1 aliphatic carbocycles. The number of hydrogen-bond donors (Lipinski definition) is 1. The molecule has 1 heterocycles. The van der Waals surface area contributed by atoms with Gasteiger partial charge in [0, 0.05) is 6.04 Å². The number of rotatable bonds is 1. The van der Waals surface area contributed by atoms with Crippen LogP contribution in [0.1, 0.15) is 33.6 Å². The van der Waals surface area contributed by atoms with Gasteiger partial charge in [0.05, 0.1) is 12.0 Å². The van der Waals surface area contributed by atoms with E-state index in [4.69, 9.17) is 9.47 Å². The van der Waals surface area contributed by atoms with Gasteiger partial charge in [0.2, 0.25) is 0 Å². The van der Waals surface area contributed by atoms with Gasteiger partial charge >= 0.3 is 6.09 Å². The van der Waals surface area contributed by atoms with Gasteiger partial charge in [-0.3, -0.25) is 4.79 Å². The van der Waals surface area contributed by atoms with Crippen molar-refractivity contribution in [3.05, 3.63) is 0 Å². The van der Waals surface area contributed by atoms with E-state index in [1.54, 1.807) is 0 Å². The number of nitrogens with one attached hydrogen (secondary N) is 1. The van der Waals surface area contributed by atoms with Crippen LogP contribution in [-0.2, 0) is 14.3 Å². The molecule has 1 saturated heterocycles. The van der Waals surface area contributed by atoms with Gasteiger partial charge in [-0.25, -0.2) is 4.79 Å². The first kappa shape index (κ1) is 12.4. The maximum atomic E-state index is 11.6. The molecular weight excluding hydrogens is 222 g/mol. The van der Waals surface area contributed by atoms with Crippen molar-refractivity contribution in [1.82, 2.24) is 5.32 Å². The van der Waals surface area contributed by atoms with Gasteiger partial charge in [-0.1, -0.05) is 0 Å². The molecule has 5 heteroatoms. The average Bonchev–Trinajstić information content (AvgIpc) is 2.43. The normalized spacial score (nSPS) is 32.4. The van der Waals surface area contributed by atoms with E-state index in [-0.39, 0.29) is 23.8 Å². The first-order valence-electron chi connectivity index (χ1n) is 5.91. The molecule has 17 heavy (non-hydrogen) atoms. The van der Waals surface area contributed by atoms with Crippen molar-refractivity contribution in [2.45, 2.75) is 45.3 Å². The summed E-state index contributed by atoms with van der Waals surface area (Å²) in [6, 6.07) is 0.0375. The van der Waals surface area contributed by atoms with Crippen LogP contribution < -0.4 is 5.32 Å². The Balaban J connectivity index is 1.77. The van der Waals surface area contributed by atoms with Crippen molar-refractivity contribution in [3.63, 3.8) is 0 Å². The van der Waals surface area contributed by atoms with Crippen LogP contribution in [0.5, 0.6) is 0 Å². The lowest BCUT2D eigenvalue weighted by Gasteiger charge is -2.42. The molecule has 1 N–H and O–H groups in total. The number of carbonyl (C=O) groups excluding carboxylic acids is 2. The van der Waals surface area contributed by atoms with Gasteiger partial charge in [-0.2, -0.15) is 0 Å². The zero-order chi connectivity index (χ0) is 12.7. The number of hydrogen-bond acceptors (Lipinski definition) is 4. The topological polar surface area (TPSA) is 64.6 Å². The van der Waals surface area contributed by atoms with Gasteiger partial charge < -0.3 is 14.8 Å². The molecule has 0 radical (unpaired) electrons. The van der Waals surface area contributed by atoms with Crippen LogP contribution in [0.25, 0.3) is 0 Å². The summed E-state index contributed by atoms with van der Waals surface area (Å²) in [5, 5.41) is 2.78. The van der Waals surface area contributed by atoms with E-state index < -0.39 is 11.7 Å². The minimum absolute atomic E-state index is 0.0375. The van der Waals surface area contributed by atoms with Gasteiger partial charge in [-0.15, -0.1) is 0 Å². The predicted molar refractivity (Wildman–Crippen MR) is 60.7 cm³/mol. The minimum Gasteiger partial charge on any atom is -0.444 e. The molecule has 2 aliphatic rings. The molecule has 0 unspecified atom stereocenters. The molecule has 96 valence electrons. The number of amides is 1. The Morgan fingerprint density at radius 1 is 1.47 bits per heavy atom. The standard InChI is InChI=1S/C12H19NO4/c1-11(2,3)17-10(15)13-8-4-12(5-8)7-16-6-9(12)14/h8H,4-7H2,1-3H3,(H,13,15). The molecule has 2 fully saturated rings. The zero-order valence-electron chi connectivity index (χ0n) is 10.5. The van der Waals surface area contributed by atoms with Crippen LogP contribution in [0.3, 0.4) is 0 Å². The molecule has 0 atom stereocenters. The fourth-order valence-corrected chi connectivity index (χ4v) is 2.38. The number of ether oxygens (including phenoxy) is 2. The third kappa shape index (κ3) is 2.60. The quantitative estimate of drug-likeness (QED) is 0.750. The van der Waals surface area contributed by atoms with Crippen LogP contribution >= 0.6 is 0 Å². The van der Waals surface area contributed by atoms with Crippen LogP contribution in [0.15, 0.2) is 0 Å². The molecule has 2 rings (SSSR count). The van der Waals surface area contributed by atoms with Gasteiger partial charge in [-0.05, 0) is 33.6 Å². The highest BCUT2D eigenvalue weighted by Crippen LogP contribution is 2.45. The Morgan fingerprint density at radius 3 is 2.59 bits per heavy atom. The Morgan fingerprint density at radius 2 is 2.12 bits per heavy atom. The second kappa shape index (κ2) is 3.98.